The Morgan fingerprint density at radius 2 is 1.88 bits per heavy atom. The fourth-order valence-electron chi connectivity index (χ4n) is 3.93. The molecule has 0 radical (unpaired) electrons. The topological polar surface area (TPSA) is 130 Å². The molecule has 4 amide bonds. The van der Waals surface area contributed by atoms with Crippen molar-refractivity contribution in [3.05, 3.63) is 53.2 Å². The predicted octanol–water partition coefficient (Wildman–Crippen LogP) is 0.446. The second-order valence-corrected chi connectivity index (χ2v) is 7.96. The van der Waals surface area contributed by atoms with E-state index in [1.807, 2.05) is 12.1 Å². The smallest absolute Gasteiger partial charge is 0.262 e. The van der Waals surface area contributed by atoms with E-state index in [-0.39, 0.29) is 30.1 Å². The minimum absolute atomic E-state index is 0.0911. The molecule has 10 heteroatoms. The Labute approximate surface area is 183 Å². The number of fused-ring (bicyclic) bond motifs is 1. The third-order valence-electron chi connectivity index (χ3n) is 5.77. The molecule has 0 saturated carbocycles. The second-order valence-electron chi connectivity index (χ2n) is 7.96. The van der Waals surface area contributed by atoms with Gasteiger partial charge in [-0.05, 0) is 30.2 Å². The summed E-state index contributed by atoms with van der Waals surface area (Å²) in [4.78, 5) is 54.5. The van der Waals surface area contributed by atoms with Crippen molar-refractivity contribution in [1.29, 1.82) is 0 Å². The highest BCUT2D eigenvalue weighted by atomic mass is 16.5. The lowest BCUT2D eigenvalue weighted by Crippen LogP contribution is -2.54. The van der Waals surface area contributed by atoms with Gasteiger partial charge in [0.05, 0.1) is 11.1 Å². The van der Waals surface area contributed by atoms with E-state index in [1.54, 1.807) is 24.4 Å². The number of carbonyl (C=O) groups is 4. The minimum Gasteiger partial charge on any atom is -0.472 e. The van der Waals surface area contributed by atoms with Crippen LogP contribution in [-0.4, -0.2) is 58.7 Å². The van der Waals surface area contributed by atoms with Gasteiger partial charge in [-0.1, -0.05) is 6.07 Å². The lowest BCUT2D eigenvalue weighted by Gasteiger charge is -2.27. The summed E-state index contributed by atoms with van der Waals surface area (Å²) < 4.78 is 5.76. The summed E-state index contributed by atoms with van der Waals surface area (Å²) in [5.74, 6) is -1.51. The zero-order valence-corrected chi connectivity index (χ0v) is 17.1. The van der Waals surface area contributed by atoms with Crippen LogP contribution in [0.2, 0.25) is 0 Å². The van der Waals surface area contributed by atoms with Gasteiger partial charge in [-0.2, -0.15) is 0 Å². The Morgan fingerprint density at radius 3 is 2.62 bits per heavy atom. The van der Waals surface area contributed by atoms with Crippen molar-refractivity contribution in [2.45, 2.75) is 31.5 Å². The number of imide groups is 2. The van der Waals surface area contributed by atoms with Gasteiger partial charge in [-0.25, -0.2) is 4.98 Å². The van der Waals surface area contributed by atoms with Gasteiger partial charge < -0.3 is 15.4 Å². The van der Waals surface area contributed by atoms with Crippen LogP contribution in [0.5, 0.6) is 5.88 Å². The summed E-state index contributed by atoms with van der Waals surface area (Å²) in [5.41, 5.74) is 2.14. The molecule has 10 nitrogen and oxygen atoms in total. The van der Waals surface area contributed by atoms with Gasteiger partial charge in [-0.3, -0.25) is 29.4 Å². The van der Waals surface area contributed by atoms with E-state index in [2.05, 4.69) is 20.9 Å². The summed E-state index contributed by atoms with van der Waals surface area (Å²) in [6.07, 6.45) is 2.01. The number of ether oxygens (including phenoxy) is 1. The van der Waals surface area contributed by atoms with Gasteiger partial charge >= 0.3 is 0 Å². The van der Waals surface area contributed by atoms with Crippen molar-refractivity contribution in [3.63, 3.8) is 0 Å². The van der Waals surface area contributed by atoms with Crippen LogP contribution in [0.4, 0.5) is 5.69 Å². The Morgan fingerprint density at radius 1 is 1.06 bits per heavy atom. The Kier molecular flexibility index (Phi) is 5.06. The van der Waals surface area contributed by atoms with Crippen molar-refractivity contribution >= 4 is 29.3 Å². The molecule has 1 atom stereocenters. The first-order valence-corrected chi connectivity index (χ1v) is 10.4. The number of anilines is 1. The molecule has 0 spiro atoms. The van der Waals surface area contributed by atoms with Crippen LogP contribution in [0.1, 0.15) is 39.1 Å². The first kappa shape index (κ1) is 20.1. The molecule has 2 aromatic rings. The molecule has 2 saturated heterocycles. The molecular weight excluding hydrogens is 414 g/mol. The Balaban J connectivity index is 1.28. The standard InChI is InChI=1S/C22H21N5O5/c28-18-4-3-17(20(29)26-18)27-21(30)15-2-1-12(7-16(15)22(27)31)9-25-13-5-6-24-19(8-13)32-14-10-23-11-14/h1-2,5-8,14,17,23H,3-4,9-11H2,(H,24,25)(H,26,28,29). The molecule has 4 heterocycles. The third kappa shape index (κ3) is 3.69. The molecule has 1 aromatic carbocycles. The predicted molar refractivity (Wildman–Crippen MR) is 112 cm³/mol. The number of hydrogen-bond acceptors (Lipinski definition) is 8. The molecule has 0 bridgehead atoms. The summed E-state index contributed by atoms with van der Waals surface area (Å²) in [7, 11) is 0. The van der Waals surface area contributed by atoms with E-state index in [4.69, 9.17) is 4.74 Å². The van der Waals surface area contributed by atoms with E-state index in [1.165, 1.54) is 0 Å². The molecule has 2 fully saturated rings. The average Bonchev–Trinajstić information content (AvgIpc) is 3.00. The van der Waals surface area contributed by atoms with E-state index in [0.29, 0.717) is 12.4 Å². The minimum atomic E-state index is -0.970. The zero-order chi connectivity index (χ0) is 22.2. The fourth-order valence-corrected chi connectivity index (χ4v) is 3.93. The second kappa shape index (κ2) is 8.04. The molecule has 1 aromatic heterocycles. The Bertz CT molecular complexity index is 1130. The average molecular weight is 435 g/mol. The summed E-state index contributed by atoms with van der Waals surface area (Å²) in [6.45, 7) is 2.02. The van der Waals surface area contributed by atoms with Crippen LogP contribution in [0.3, 0.4) is 0 Å². The fraction of sp³-hybridized carbons (Fsp3) is 0.318. The van der Waals surface area contributed by atoms with Gasteiger partial charge in [0.1, 0.15) is 12.1 Å². The van der Waals surface area contributed by atoms with Gasteiger partial charge in [-0.15, -0.1) is 0 Å². The maximum atomic E-state index is 12.9. The number of piperidine rings is 1. The van der Waals surface area contributed by atoms with Crippen LogP contribution in [-0.2, 0) is 16.1 Å². The van der Waals surface area contributed by atoms with Crippen molar-refractivity contribution < 1.29 is 23.9 Å². The lowest BCUT2D eigenvalue weighted by molar-refractivity contribution is -0.136. The number of nitrogens with one attached hydrogen (secondary N) is 3. The molecule has 0 aliphatic carbocycles. The van der Waals surface area contributed by atoms with E-state index >= 15 is 0 Å². The zero-order valence-electron chi connectivity index (χ0n) is 17.1. The quantitative estimate of drug-likeness (QED) is 0.558. The monoisotopic (exact) mass is 435 g/mol. The first-order chi connectivity index (χ1) is 15.5. The lowest BCUT2D eigenvalue weighted by atomic mass is 10.0. The van der Waals surface area contributed by atoms with Crippen molar-refractivity contribution in [2.75, 3.05) is 18.4 Å². The van der Waals surface area contributed by atoms with Crippen molar-refractivity contribution in [3.8, 4) is 5.88 Å². The maximum absolute atomic E-state index is 12.9. The molecule has 3 N–H and O–H groups in total. The number of amides is 4. The van der Waals surface area contributed by atoms with Crippen LogP contribution in [0.25, 0.3) is 0 Å². The first-order valence-electron chi connectivity index (χ1n) is 10.4. The number of benzene rings is 1. The van der Waals surface area contributed by atoms with Crippen molar-refractivity contribution in [1.82, 2.24) is 20.5 Å². The molecular formula is C22H21N5O5. The van der Waals surface area contributed by atoms with Crippen LogP contribution >= 0.6 is 0 Å². The number of carbonyl (C=O) groups excluding carboxylic acids is 4. The Hall–Kier alpha value is -3.79. The molecule has 1 unspecified atom stereocenters. The largest absolute Gasteiger partial charge is 0.472 e. The summed E-state index contributed by atoms with van der Waals surface area (Å²) >= 11 is 0. The molecule has 3 aliphatic heterocycles. The van der Waals surface area contributed by atoms with Crippen molar-refractivity contribution in [2.24, 2.45) is 0 Å². The molecule has 32 heavy (non-hydrogen) atoms. The van der Waals surface area contributed by atoms with Crippen LogP contribution in [0.15, 0.2) is 36.5 Å². The highest BCUT2D eigenvalue weighted by Crippen LogP contribution is 2.28. The molecule has 3 aliphatic rings. The summed E-state index contributed by atoms with van der Waals surface area (Å²) in [5, 5.41) is 8.60. The number of aromatic nitrogens is 1. The van der Waals surface area contributed by atoms with Gasteiger partial charge in [0.25, 0.3) is 11.8 Å². The normalized spacial score (nSPS) is 20.6. The number of pyridine rings is 1. The molecule has 164 valence electrons. The SMILES string of the molecule is O=C1CCC(N2C(=O)c3ccc(CNc4ccnc(OC5CNC5)c4)cc3C2=O)C(=O)N1. The number of rotatable bonds is 6. The summed E-state index contributed by atoms with van der Waals surface area (Å²) in [6, 6.07) is 7.69. The molecule has 5 rings (SSSR count). The van der Waals surface area contributed by atoms with Gasteiger partial charge in [0.15, 0.2) is 0 Å². The third-order valence-corrected chi connectivity index (χ3v) is 5.77. The highest BCUT2D eigenvalue weighted by Gasteiger charge is 2.44. The van der Waals surface area contributed by atoms with Crippen LogP contribution in [0, 0.1) is 0 Å². The number of nitrogens with zero attached hydrogens (tertiary/aromatic N) is 2. The van der Waals surface area contributed by atoms with Gasteiger partial charge in [0.2, 0.25) is 17.7 Å². The maximum Gasteiger partial charge on any atom is 0.262 e. The van der Waals surface area contributed by atoms with E-state index < -0.39 is 29.7 Å². The highest BCUT2D eigenvalue weighted by molar-refractivity contribution is 6.23. The number of hydrogen-bond donors (Lipinski definition) is 3. The van der Waals surface area contributed by atoms with Crippen LogP contribution < -0.4 is 20.7 Å². The van der Waals surface area contributed by atoms with E-state index in [9.17, 15) is 19.2 Å². The van der Waals surface area contributed by atoms with Gasteiger partial charge in [0, 0.05) is 44.0 Å². The van der Waals surface area contributed by atoms with E-state index in [0.717, 1.165) is 29.2 Å².